The van der Waals surface area contributed by atoms with Crippen LogP contribution in [0.25, 0.3) is 0 Å². The van der Waals surface area contributed by atoms with Gasteiger partial charge in [0.2, 0.25) is 0 Å². The van der Waals surface area contributed by atoms with Gasteiger partial charge in [-0.25, -0.2) is 0 Å². The van der Waals surface area contributed by atoms with E-state index in [0.717, 1.165) is 26.1 Å². The second-order valence-electron chi connectivity index (χ2n) is 3.38. The Morgan fingerprint density at radius 2 is 2.36 bits per heavy atom. The van der Waals surface area contributed by atoms with E-state index in [-0.39, 0.29) is 6.61 Å². The van der Waals surface area contributed by atoms with Crippen molar-refractivity contribution in [3.63, 3.8) is 0 Å². The fourth-order valence-electron chi connectivity index (χ4n) is 1.29. The van der Waals surface area contributed by atoms with E-state index in [1.54, 1.807) is 6.07 Å². The van der Waals surface area contributed by atoms with Crippen LogP contribution in [0.1, 0.15) is 6.42 Å². The molecule has 1 aromatic heterocycles. The number of aryl methyl sites for hydroxylation is 1. The first-order chi connectivity index (χ1) is 6.72. The van der Waals surface area contributed by atoms with Gasteiger partial charge in [-0.15, -0.1) is 0 Å². The number of rotatable bonds is 6. The van der Waals surface area contributed by atoms with Crippen LogP contribution in [0.3, 0.4) is 0 Å². The van der Waals surface area contributed by atoms with Crippen molar-refractivity contribution in [3.8, 4) is 0 Å². The van der Waals surface area contributed by atoms with Crippen LogP contribution in [0.2, 0.25) is 0 Å². The average molecular weight is 198 g/mol. The van der Waals surface area contributed by atoms with E-state index in [0.29, 0.717) is 5.82 Å². The van der Waals surface area contributed by atoms with E-state index in [1.165, 1.54) is 0 Å². The summed E-state index contributed by atoms with van der Waals surface area (Å²) in [6, 6.07) is 1.79. The molecule has 1 heterocycles. The molecular weight excluding hydrogens is 180 g/mol. The lowest BCUT2D eigenvalue weighted by molar-refractivity contribution is 0.218. The van der Waals surface area contributed by atoms with Crippen LogP contribution in [0.15, 0.2) is 12.3 Å². The smallest absolute Gasteiger partial charge is 0.145 e. The molecule has 1 rings (SSSR count). The molecule has 0 saturated carbocycles. The fourth-order valence-corrected chi connectivity index (χ4v) is 1.29. The Hall–Kier alpha value is -1.07. The van der Waals surface area contributed by atoms with Crippen LogP contribution in [-0.4, -0.2) is 46.5 Å². The normalized spacial score (nSPS) is 11.1. The van der Waals surface area contributed by atoms with Gasteiger partial charge in [0.05, 0.1) is 6.61 Å². The highest BCUT2D eigenvalue weighted by Crippen LogP contribution is 1.97. The first-order valence-corrected chi connectivity index (χ1v) is 4.80. The highest BCUT2D eigenvalue weighted by Gasteiger charge is 1.98. The van der Waals surface area contributed by atoms with E-state index < -0.39 is 0 Å². The highest BCUT2D eigenvalue weighted by atomic mass is 16.3. The van der Waals surface area contributed by atoms with E-state index in [1.807, 2.05) is 17.9 Å². The highest BCUT2D eigenvalue weighted by molar-refractivity contribution is 5.23. The number of aromatic nitrogens is 2. The van der Waals surface area contributed by atoms with Crippen molar-refractivity contribution < 1.29 is 5.11 Å². The third-order valence-electron chi connectivity index (χ3n) is 2.07. The predicted octanol–water partition coefficient (Wildman–Crippen LogP) is -0.221. The van der Waals surface area contributed by atoms with Crippen molar-refractivity contribution in [3.05, 3.63) is 12.3 Å². The predicted molar refractivity (Wildman–Crippen MR) is 55.8 cm³/mol. The molecular formula is C9H18N4O. The summed E-state index contributed by atoms with van der Waals surface area (Å²) >= 11 is 0. The molecule has 0 atom stereocenters. The molecule has 0 saturated heterocycles. The minimum Gasteiger partial charge on any atom is -0.395 e. The minimum atomic E-state index is 0.214. The van der Waals surface area contributed by atoms with Gasteiger partial charge in [-0.05, 0) is 26.1 Å². The largest absolute Gasteiger partial charge is 0.395 e. The third-order valence-corrected chi connectivity index (χ3v) is 2.07. The Balaban J connectivity index is 2.15. The zero-order valence-electron chi connectivity index (χ0n) is 8.56. The van der Waals surface area contributed by atoms with Crippen LogP contribution >= 0.6 is 0 Å². The zero-order chi connectivity index (χ0) is 10.4. The van der Waals surface area contributed by atoms with Gasteiger partial charge in [-0.2, -0.15) is 5.10 Å². The molecule has 0 aliphatic rings. The Morgan fingerprint density at radius 1 is 1.57 bits per heavy atom. The van der Waals surface area contributed by atoms with Gasteiger partial charge in [0.15, 0.2) is 0 Å². The van der Waals surface area contributed by atoms with Crippen molar-refractivity contribution in [2.24, 2.45) is 0 Å². The van der Waals surface area contributed by atoms with E-state index in [2.05, 4.69) is 10.00 Å². The van der Waals surface area contributed by atoms with Crippen molar-refractivity contribution in [1.82, 2.24) is 14.7 Å². The number of anilines is 1. The molecule has 3 N–H and O–H groups in total. The van der Waals surface area contributed by atoms with Crippen LogP contribution in [0.5, 0.6) is 0 Å². The number of hydrogen-bond donors (Lipinski definition) is 2. The Bertz CT molecular complexity index is 261. The van der Waals surface area contributed by atoms with E-state index in [4.69, 9.17) is 10.8 Å². The molecule has 0 aliphatic heterocycles. The lowest BCUT2D eigenvalue weighted by Gasteiger charge is -2.14. The Kier molecular flexibility index (Phi) is 4.42. The lowest BCUT2D eigenvalue weighted by Crippen LogP contribution is -2.24. The fraction of sp³-hybridized carbons (Fsp3) is 0.667. The second kappa shape index (κ2) is 5.62. The molecule has 0 unspecified atom stereocenters. The van der Waals surface area contributed by atoms with Gasteiger partial charge >= 0.3 is 0 Å². The molecule has 0 amide bonds. The molecule has 0 aliphatic carbocycles. The third kappa shape index (κ3) is 3.76. The lowest BCUT2D eigenvalue weighted by atomic mass is 10.4. The molecule has 0 fully saturated rings. The minimum absolute atomic E-state index is 0.214. The quantitative estimate of drug-likeness (QED) is 0.663. The molecule has 0 bridgehead atoms. The van der Waals surface area contributed by atoms with Gasteiger partial charge in [0, 0.05) is 19.3 Å². The topological polar surface area (TPSA) is 67.3 Å². The molecule has 1 aromatic rings. The number of hydrogen-bond acceptors (Lipinski definition) is 4. The summed E-state index contributed by atoms with van der Waals surface area (Å²) in [5.74, 6) is 0.564. The maximum absolute atomic E-state index is 8.68. The maximum atomic E-state index is 8.68. The standard InChI is InChI=1S/C9H18N4O/c1-12(7-8-14)4-2-5-13-6-3-9(10)11-13/h3,6,14H,2,4-5,7-8H2,1H3,(H2,10,11). The molecule has 0 radical (unpaired) electrons. The van der Waals surface area contributed by atoms with Gasteiger partial charge in [-0.1, -0.05) is 0 Å². The molecule has 0 aromatic carbocycles. The second-order valence-corrected chi connectivity index (χ2v) is 3.38. The summed E-state index contributed by atoms with van der Waals surface area (Å²) < 4.78 is 1.84. The van der Waals surface area contributed by atoms with Gasteiger partial charge in [0.1, 0.15) is 5.82 Å². The van der Waals surface area contributed by atoms with Gasteiger partial charge in [0.25, 0.3) is 0 Å². The molecule has 0 spiro atoms. The Morgan fingerprint density at radius 3 is 2.93 bits per heavy atom. The maximum Gasteiger partial charge on any atom is 0.145 e. The summed E-state index contributed by atoms with van der Waals surface area (Å²) in [6.45, 7) is 2.76. The molecule has 5 nitrogen and oxygen atoms in total. The van der Waals surface area contributed by atoms with Crippen molar-refractivity contribution in [1.29, 1.82) is 0 Å². The molecule has 80 valence electrons. The zero-order valence-corrected chi connectivity index (χ0v) is 8.56. The van der Waals surface area contributed by atoms with Crippen molar-refractivity contribution in [2.75, 3.05) is 32.5 Å². The summed E-state index contributed by atoms with van der Waals surface area (Å²) in [6.07, 6.45) is 2.89. The van der Waals surface area contributed by atoms with E-state index >= 15 is 0 Å². The number of nitrogen functional groups attached to an aromatic ring is 1. The van der Waals surface area contributed by atoms with Crippen LogP contribution in [-0.2, 0) is 6.54 Å². The number of nitrogens with zero attached hydrogens (tertiary/aromatic N) is 3. The number of aliphatic hydroxyl groups is 1. The number of aliphatic hydroxyl groups excluding tert-OH is 1. The van der Waals surface area contributed by atoms with Crippen LogP contribution in [0, 0.1) is 0 Å². The summed E-state index contributed by atoms with van der Waals surface area (Å²) in [4.78, 5) is 2.09. The summed E-state index contributed by atoms with van der Waals surface area (Å²) in [5, 5.41) is 12.8. The van der Waals surface area contributed by atoms with Crippen LogP contribution < -0.4 is 5.73 Å². The number of likely N-dealkylation sites (N-methyl/N-ethyl adjacent to an activating group) is 1. The summed E-state index contributed by atoms with van der Waals surface area (Å²) in [5.41, 5.74) is 5.48. The van der Waals surface area contributed by atoms with Gasteiger partial charge in [-0.3, -0.25) is 4.68 Å². The van der Waals surface area contributed by atoms with Crippen molar-refractivity contribution >= 4 is 5.82 Å². The van der Waals surface area contributed by atoms with E-state index in [9.17, 15) is 0 Å². The van der Waals surface area contributed by atoms with Crippen LogP contribution in [0.4, 0.5) is 5.82 Å². The first kappa shape index (κ1) is 11.0. The Labute approximate surface area is 84.1 Å². The monoisotopic (exact) mass is 198 g/mol. The molecule has 14 heavy (non-hydrogen) atoms. The first-order valence-electron chi connectivity index (χ1n) is 4.80. The average Bonchev–Trinajstić information content (AvgIpc) is 2.52. The summed E-state index contributed by atoms with van der Waals surface area (Å²) in [7, 11) is 1.99. The number of nitrogens with two attached hydrogens (primary N) is 1. The SMILES string of the molecule is CN(CCO)CCCn1ccc(N)n1. The van der Waals surface area contributed by atoms with Crippen molar-refractivity contribution in [2.45, 2.75) is 13.0 Å². The van der Waals surface area contributed by atoms with Gasteiger partial charge < -0.3 is 15.7 Å². The molecule has 5 heteroatoms.